The van der Waals surface area contributed by atoms with E-state index >= 15 is 0 Å². The van der Waals surface area contributed by atoms with Crippen LogP contribution in [0.25, 0.3) is 11.1 Å². The molecule has 0 aliphatic heterocycles. The van der Waals surface area contributed by atoms with Crippen molar-refractivity contribution in [3.8, 4) is 11.1 Å². The van der Waals surface area contributed by atoms with Crippen LogP contribution < -0.4 is 10.6 Å². The van der Waals surface area contributed by atoms with Gasteiger partial charge in [0.15, 0.2) is 0 Å². The van der Waals surface area contributed by atoms with Crippen molar-refractivity contribution in [3.63, 3.8) is 0 Å². The van der Waals surface area contributed by atoms with Gasteiger partial charge >= 0.3 is 12.1 Å². The average Bonchev–Trinajstić information content (AvgIpc) is 3.14. The van der Waals surface area contributed by atoms with Crippen molar-refractivity contribution >= 4 is 18.0 Å². The zero-order valence-electron chi connectivity index (χ0n) is 18.8. The van der Waals surface area contributed by atoms with Crippen LogP contribution in [0.2, 0.25) is 0 Å². The van der Waals surface area contributed by atoms with E-state index in [2.05, 4.69) is 10.6 Å². The van der Waals surface area contributed by atoms with E-state index in [-0.39, 0.29) is 19.1 Å². The van der Waals surface area contributed by atoms with Crippen molar-refractivity contribution < 1.29 is 29.3 Å². The average molecular weight is 455 g/mol. The van der Waals surface area contributed by atoms with E-state index in [1.165, 1.54) is 0 Å². The number of carboxylic acids is 1. The van der Waals surface area contributed by atoms with Crippen LogP contribution in [-0.2, 0) is 14.3 Å². The third kappa shape index (κ3) is 5.34. The minimum atomic E-state index is -1.33. The third-order valence-electron chi connectivity index (χ3n) is 6.38. The fraction of sp³-hybridized carbons (Fsp3) is 0.400. The molecule has 0 fully saturated rings. The lowest BCUT2D eigenvalue weighted by atomic mass is 9.93. The summed E-state index contributed by atoms with van der Waals surface area (Å²) in [5.74, 6) is -2.07. The van der Waals surface area contributed by atoms with E-state index in [1.54, 1.807) is 0 Å². The maximum Gasteiger partial charge on any atom is 0.407 e. The number of aliphatic carboxylic acids is 1. The number of benzene rings is 2. The molecule has 3 rings (SSSR count). The van der Waals surface area contributed by atoms with Gasteiger partial charge in [-0.2, -0.15) is 0 Å². The van der Waals surface area contributed by atoms with E-state index in [1.807, 2.05) is 62.4 Å². The van der Waals surface area contributed by atoms with Crippen molar-refractivity contribution in [1.29, 1.82) is 0 Å². The predicted molar refractivity (Wildman–Crippen MR) is 123 cm³/mol. The fourth-order valence-corrected chi connectivity index (χ4v) is 4.20. The molecule has 2 amide bonds. The van der Waals surface area contributed by atoms with Crippen molar-refractivity contribution in [1.82, 2.24) is 10.6 Å². The highest BCUT2D eigenvalue weighted by Crippen LogP contribution is 2.44. The number of carbonyl (C=O) groups excluding carboxylic acids is 2. The smallest absolute Gasteiger partial charge is 0.407 e. The first-order chi connectivity index (χ1) is 15.8. The van der Waals surface area contributed by atoms with Gasteiger partial charge in [-0.05, 0) is 35.1 Å². The molecule has 0 radical (unpaired) electrons. The number of hydrogen-bond acceptors (Lipinski definition) is 5. The number of carboxylic acid groups (broad SMARTS) is 1. The van der Waals surface area contributed by atoms with Crippen molar-refractivity contribution in [2.45, 2.75) is 50.6 Å². The van der Waals surface area contributed by atoms with Gasteiger partial charge in [-0.25, -0.2) is 4.79 Å². The number of nitrogens with one attached hydrogen (secondary N) is 2. The maximum atomic E-state index is 12.7. The number of carbonyl (C=O) groups is 3. The minimum absolute atomic E-state index is 0.0474. The highest BCUT2D eigenvalue weighted by molar-refractivity contribution is 5.89. The van der Waals surface area contributed by atoms with Gasteiger partial charge in [-0.15, -0.1) is 0 Å². The second kappa shape index (κ2) is 10.5. The molecule has 4 N–H and O–H groups in total. The van der Waals surface area contributed by atoms with Gasteiger partial charge in [0.25, 0.3) is 0 Å². The quantitative estimate of drug-likeness (QED) is 0.437. The molecule has 1 unspecified atom stereocenters. The van der Waals surface area contributed by atoms with Gasteiger partial charge in [0.05, 0.1) is 18.6 Å². The Kier molecular flexibility index (Phi) is 7.71. The summed E-state index contributed by atoms with van der Waals surface area (Å²) in [4.78, 5) is 36.6. The van der Waals surface area contributed by atoms with Crippen molar-refractivity contribution in [3.05, 3.63) is 59.7 Å². The number of aliphatic hydroxyl groups is 1. The molecule has 0 saturated carbocycles. The standard InChI is InChI=1S/C25H30N2O6/c1-3-25(4-2,15-28)27-23(31)21(13-22(29)30)26-24(32)33-14-20-18-11-7-5-9-16(18)17-10-6-8-12-19(17)20/h5-12,20-21,28H,3-4,13-15H2,1-2H3,(H,26,32)(H,27,31)(H,29,30). The molecule has 2 aromatic carbocycles. The van der Waals surface area contributed by atoms with Gasteiger partial charge in [0, 0.05) is 5.92 Å². The lowest BCUT2D eigenvalue weighted by molar-refractivity contribution is -0.140. The summed E-state index contributed by atoms with van der Waals surface area (Å²) in [5, 5.41) is 24.0. The molecular weight excluding hydrogens is 424 g/mol. The van der Waals surface area contributed by atoms with E-state index in [9.17, 15) is 24.6 Å². The Morgan fingerprint density at radius 2 is 1.55 bits per heavy atom. The van der Waals surface area contributed by atoms with Crippen LogP contribution in [0.3, 0.4) is 0 Å². The first-order valence-electron chi connectivity index (χ1n) is 11.1. The normalized spacial score (nSPS) is 13.5. The molecule has 2 aromatic rings. The van der Waals surface area contributed by atoms with Crippen molar-refractivity contribution in [2.75, 3.05) is 13.2 Å². The number of ether oxygens (including phenoxy) is 1. The Bertz CT molecular complexity index is 964. The monoisotopic (exact) mass is 454 g/mol. The SMILES string of the molecule is CCC(CC)(CO)NC(=O)C(CC(=O)O)NC(=O)OCC1c2ccccc2-c2ccccc21. The molecule has 0 heterocycles. The molecular formula is C25H30N2O6. The van der Waals surface area contributed by atoms with Gasteiger partial charge in [-0.1, -0.05) is 62.4 Å². The lowest BCUT2D eigenvalue weighted by Crippen LogP contribution is -2.57. The molecule has 0 bridgehead atoms. The number of rotatable bonds is 10. The molecule has 8 nitrogen and oxygen atoms in total. The Morgan fingerprint density at radius 3 is 2.03 bits per heavy atom. The van der Waals surface area contributed by atoms with Crippen LogP contribution in [0, 0.1) is 0 Å². The first kappa shape index (κ1) is 24.3. The van der Waals surface area contributed by atoms with Gasteiger partial charge in [0.1, 0.15) is 12.6 Å². The fourth-order valence-electron chi connectivity index (χ4n) is 4.20. The Hall–Kier alpha value is -3.39. The summed E-state index contributed by atoms with van der Waals surface area (Å²) in [6, 6.07) is 14.5. The summed E-state index contributed by atoms with van der Waals surface area (Å²) in [6.45, 7) is 3.37. The van der Waals surface area contributed by atoms with Crippen LogP contribution in [0.15, 0.2) is 48.5 Å². The summed E-state index contributed by atoms with van der Waals surface area (Å²) >= 11 is 0. The maximum absolute atomic E-state index is 12.7. The van der Waals surface area contributed by atoms with Crippen LogP contribution >= 0.6 is 0 Å². The number of hydrogen-bond donors (Lipinski definition) is 4. The van der Waals surface area contributed by atoms with Gasteiger partial charge in [0.2, 0.25) is 5.91 Å². The zero-order valence-corrected chi connectivity index (χ0v) is 18.8. The van der Waals surface area contributed by atoms with Gasteiger partial charge < -0.3 is 25.6 Å². The Labute approximate surface area is 193 Å². The van der Waals surface area contributed by atoms with E-state index in [0.29, 0.717) is 12.8 Å². The van der Waals surface area contributed by atoms with Crippen LogP contribution in [0.1, 0.15) is 50.2 Å². The molecule has 176 valence electrons. The number of aliphatic hydroxyl groups excluding tert-OH is 1. The predicted octanol–water partition coefficient (Wildman–Crippen LogP) is 3.04. The van der Waals surface area contributed by atoms with Crippen molar-refractivity contribution in [2.24, 2.45) is 0 Å². The third-order valence-corrected chi connectivity index (χ3v) is 6.38. The van der Waals surface area contributed by atoms with E-state index in [4.69, 9.17) is 4.74 Å². The van der Waals surface area contributed by atoms with E-state index < -0.39 is 36.0 Å². The summed E-state index contributed by atoms with van der Waals surface area (Å²) in [7, 11) is 0. The van der Waals surface area contributed by atoms with Crippen LogP contribution in [0.5, 0.6) is 0 Å². The topological polar surface area (TPSA) is 125 Å². The Balaban J connectivity index is 1.69. The zero-order chi connectivity index (χ0) is 24.0. The minimum Gasteiger partial charge on any atom is -0.481 e. The highest BCUT2D eigenvalue weighted by Gasteiger charge is 2.33. The molecule has 0 saturated heterocycles. The van der Waals surface area contributed by atoms with Crippen LogP contribution in [-0.4, -0.2) is 53.0 Å². The summed E-state index contributed by atoms with van der Waals surface area (Å²) in [6.07, 6.45) is -0.571. The number of alkyl carbamates (subject to hydrolysis) is 1. The molecule has 8 heteroatoms. The lowest BCUT2D eigenvalue weighted by Gasteiger charge is -2.32. The Morgan fingerprint density at radius 1 is 1.00 bits per heavy atom. The molecule has 1 atom stereocenters. The molecule has 33 heavy (non-hydrogen) atoms. The second-order valence-corrected chi connectivity index (χ2v) is 8.26. The summed E-state index contributed by atoms with van der Waals surface area (Å²) < 4.78 is 5.44. The molecule has 1 aliphatic rings. The molecule has 0 aromatic heterocycles. The molecule has 0 spiro atoms. The largest absolute Gasteiger partial charge is 0.481 e. The number of fused-ring (bicyclic) bond motifs is 3. The number of amides is 2. The highest BCUT2D eigenvalue weighted by atomic mass is 16.5. The summed E-state index contributed by atoms with van der Waals surface area (Å²) in [5.41, 5.74) is 3.39. The van der Waals surface area contributed by atoms with Crippen LogP contribution in [0.4, 0.5) is 4.79 Å². The first-order valence-corrected chi connectivity index (χ1v) is 11.1. The van der Waals surface area contributed by atoms with Gasteiger partial charge in [-0.3, -0.25) is 9.59 Å². The van der Waals surface area contributed by atoms with E-state index in [0.717, 1.165) is 22.3 Å². The second-order valence-electron chi connectivity index (χ2n) is 8.26. The molecule has 1 aliphatic carbocycles.